The van der Waals surface area contributed by atoms with Crippen LogP contribution in [0.1, 0.15) is 12.8 Å². The Hall–Kier alpha value is -0.345. The Labute approximate surface area is 61.8 Å². The molecule has 1 aliphatic rings. The van der Waals surface area contributed by atoms with Crippen molar-refractivity contribution in [1.29, 1.82) is 0 Å². The summed E-state index contributed by atoms with van der Waals surface area (Å²) in [5.41, 5.74) is 5.70. The van der Waals surface area contributed by atoms with Crippen LogP contribution in [0, 0.1) is 0 Å². The van der Waals surface area contributed by atoms with Gasteiger partial charge in [0, 0.05) is 12.6 Å². The molecule has 4 heteroatoms. The fourth-order valence-corrected chi connectivity index (χ4v) is 1.36. The van der Waals surface area contributed by atoms with Gasteiger partial charge in [0.05, 0.1) is 6.19 Å². The third kappa shape index (κ3) is 2.12. The molecule has 10 heavy (non-hydrogen) atoms. The molecule has 1 rings (SSSR count). The average Bonchev–Trinajstić information content (AvgIpc) is 1.88. The van der Waals surface area contributed by atoms with E-state index >= 15 is 0 Å². The predicted molar refractivity (Wildman–Crippen MR) is 42.7 cm³/mol. The highest BCUT2D eigenvalue weighted by Gasteiger charge is 2.15. The van der Waals surface area contributed by atoms with Gasteiger partial charge in [-0.1, -0.05) is 0 Å². The maximum atomic E-state index is 10.1. The number of hydrogen-bond donors (Lipinski definition) is 1. The van der Waals surface area contributed by atoms with Gasteiger partial charge < -0.3 is 15.3 Å². The summed E-state index contributed by atoms with van der Waals surface area (Å²) in [5.74, 6) is 0. The smallest absolute Gasteiger partial charge is 0.281 e. The summed E-state index contributed by atoms with van der Waals surface area (Å²) in [6.07, 6.45) is 3.18. The van der Waals surface area contributed by atoms with Crippen molar-refractivity contribution in [3.8, 4) is 0 Å². The Bertz CT molecular complexity index is 120. The minimum absolute atomic E-state index is 0.286. The molecule has 1 fully saturated rings. The Morgan fingerprint density at radius 2 is 2.50 bits per heavy atom. The Morgan fingerprint density at radius 1 is 1.70 bits per heavy atom. The number of carbonyl (C=O) groups is 1. The quantitative estimate of drug-likeness (QED) is 0.393. The summed E-state index contributed by atoms with van der Waals surface area (Å²) >= 11 is 0. The lowest BCUT2D eigenvalue weighted by Crippen LogP contribution is -2.44. The number of rotatable bonds is 2. The van der Waals surface area contributed by atoms with Crippen LogP contribution in [-0.4, -0.2) is 37.5 Å². The van der Waals surface area contributed by atoms with Crippen LogP contribution in [0.3, 0.4) is 0 Å². The van der Waals surface area contributed by atoms with Gasteiger partial charge in [0.2, 0.25) is 0 Å². The van der Waals surface area contributed by atoms with E-state index in [1.165, 1.54) is 0 Å². The van der Waals surface area contributed by atoms with E-state index in [9.17, 15) is 4.79 Å². The zero-order valence-electron chi connectivity index (χ0n) is 6.12. The van der Waals surface area contributed by atoms with Gasteiger partial charge in [0.1, 0.15) is 0 Å². The summed E-state index contributed by atoms with van der Waals surface area (Å²) in [6.45, 7) is 1.92. The van der Waals surface area contributed by atoms with Crippen LogP contribution in [0.2, 0.25) is 0 Å². The SMILES string of the molecule is NC1CCCN(BC=O)C1. The lowest BCUT2D eigenvalue weighted by atomic mass is 9.90. The van der Waals surface area contributed by atoms with Gasteiger partial charge in [0.15, 0.2) is 0 Å². The summed E-state index contributed by atoms with van der Waals surface area (Å²) in [6, 6.07) is 0.286. The van der Waals surface area contributed by atoms with Crippen LogP contribution in [0.25, 0.3) is 0 Å². The van der Waals surface area contributed by atoms with Crippen molar-refractivity contribution in [3.05, 3.63) is 0 Å². The maximum Gasteiger partial charge on any atom is 0.281 e. The number of nitrogens with zero attached hydrogens (tertiary/aromatic N) is 1. The second-order valence-electron chi connectivity index (χ2n) is 2.83. The zero-order chi connectivity index (χ0) is 7.40. The maximum absolute atomic E-state index is 10.1. The van der Waals surface area contributed by atoms with E-state index in [-0.39, 0.29) is 6.04 Å². The molecule has 1 aliphatic heterocycles. The van der Waals surface area contributed by atoms with Crippen molar-refractivity contribution in [2.45, 2.75) is 18.9 Å². The normalized spacial score (nSPS) is 27.9. The molecule has 0 aliphatic carbocycles. The largest absolute Gasteiger partial charge is 0.337 e. The van der Waals surface area contributed by atoms with E-state index in [0.717, 1.165) is 32.1 Å². The first-order chi connectivity index (χ1) is 4.83. The summed E-state index contributed by atoms with van der Waals surface area (Å²) in [5, 5.41) is 0. The molecule has 1 saturated heterocycles. The second-order valence-corrected chi connectivity index (χ2v) is 2.83. The van der Waals surface area contributed by atoms with Crippen molar-refractivity contribution in [3.63, 3.8) is 0 Å². The van der Waals surface area contributed by atoms with Gasteiger partial charge in [-0.05, 0) is 19.4 Å². The summed E-state index contributed by atoms with van der Waals surface area (Å²) in [4.78, 5) is 12.2. The molecule has 0 spiro atoms. The second kappa shape index (κ2) is 3.73. The number of hydrogen-bond acceptors (Lipinski definition) is 3. The molecular weight excluding hydrogens is 127 g/mol. The van der Waals surface area contributed by atoms with Gasteiger partial charge in [-0.25, -0.2) is 0 Å². The standard InChI is InChI=1S/C6H13BN2O/c8-6-2-1-3-9(4-6)7-5-10/h5-7H,1-4,8H2. The first kappa shape index (κ1) is 7.76. The molecule has 0 aromatic carbocycles. The minimum Gasteiger partial charge on any atom is -0.337 e. The van der Waals surface area contributed by atoms with E-state index in [2.05, 4.69) is 4.81 Å². The molecule has 1 atom stereocenters. The van der Waals surface area contributed by atoms with Crippen LogP contribution < -0.4 is 5.73 Å². The third-order valence-corrected chi connectivity index (χ3v) is 1.87. The highest BCUT2D eigenvalue weighted by Crippen LogP contribution is 2.05. The lowest BCUT2D eigenvalue weighted by Gasteiger charge is -2.28. The minimum atomic E-state index is 0.286. The lowest BCUT2D eigenvalue weighted by molar-refractivity contribution is 0.327. The molecule has 56 valence electrons. The fraction of sp³-hybridized carbons (Fsp3) is 0.833. The molecule has 0 saturated carbocycles. The summed E-state index contributed by atoms with van der Waals surface area (Å²) in [7, 11) is 0.549. The molecule has 1 heterocycles. The van der Waals surface area contributed by atoms with Crippen molar-refractivity contribution >= 4 is 13.6 Å². The van der Waals surface area contributed by atoms with Crippen molar-refractivity contribution in [1.82, 2.24) is 4.81 Å². The fourth-order valence-electron chi connectivity index (χ4n) is 1.36. The molecule has 2 N–H and O–H groups in total. The Morgan fingerprint density at radius 3 is 3.10 bits per heavy atom. The number of carbonyl (C=O) groups excluding carboxylic acids is 1. The van der Waals surface area contributed by atoms with Crippen molar-refractivity contribution in [2.24, 2.45) is 5.73 Å². The van der Waals surface area contributed by atoms with Gasteiger partial charge in [-0.15, -0.1) is 0 Å². The first-order valence-electron chi connectivity index (χ1n) is 3.74. The predicted octanol–water partition coefficient (Wildman–Crippen LogP) is -1.05. The van der Waals surface area contributed by atoms with Crippen LogP contribution >= 0.6 is 0 Å². The van der Waals surface area contributed by atoms with Crippen molar-refractivity contribution < 1.29 is 4.79 Å². The number of piperidine rings is 1. The van der Waals surface area contributed by atoms with E-state index in [1.54, 1.807) is 0 Å². The third-order valence-electron chi connectivity index (χ3n) is 1.87. The van der Waals surface area contributed by atoms with Gasteiger partial charge >= 0.3 is 0 Å². The topological polar surface area (TPSA) is 46.3 Å². The van der Waals surface area contributed by atoms with Gasteiger partial charge in [-0.3, -0.25) is 0 Å². The van der Waals surface area contributed by atoms with Gasteiger partial charge in [0.25, 0.3) is 7.41 Å². The summed E-state index contributed by atoms with van der Waals surface area (Å²) < 4.78 is 0. The molecule has 0 aromatic heterocycles. The van der Waals surface area contributed by atoms with E-state index in [0.29, 0.717) is 7.41 Å². The molecule has 3 nitrogen and oxygen atoms in total. The van der Waals surface area contributed by atoms with Crippen LogP contribution in [0.5, 0.6) is 0 Å². The Kier molecular flexibility index (Phi) is 2.90. The first-order valence-corrected chi connectivity index (χ1v) is 3.74. The zero-order valence-corrected chi connectivity index (χ0v) is 6.12. The van der Waals surface area contributed by atoms with Crippen molar-refractivity contribution in [2.75, 3.05) is 13.1 Å². The molecule has 0 radical (unpaired) electrons. The molecule has 0 bridgehead atoms. The van der Waals surface area contributed by atoms with E-state index in [1.807, 2.05) is 0 Å². The highest BCUT2D eigenvalue weighted by molar-refractivity contribution is 6.64. The highest BCUT2D eigenvalue weighted by atomic mass is 16.1. The molecule has 0 amide bonds. The van der Waals surface area contributed by atoms with Crippen LogP contribution in [-0.2, 0) is 4.79 Å². The molecule has 1 unspecified atom stereocenters. The Balaban J connectivity index is 2.24. The van der Waals surface area contributed by atoms with E-state index in [4.69, 9.17) is 5.73 Å². The van der Waals surface area contributed by atoms with Crippen LogP contribution in [0.15, 0.2) is 0 Å². The average molecular weight is 140 g/mol. The molecular formula is C6H13BN2O. The van der Waals surface area contributed by atoms with Gasteiger partial charge in [-0.2, -0.15) is 0 Å². The number of nitrogens with two attached hydrogens (primary N) is 1. The monoisotopic (exact) mass is 140 g/mol. The van der Waals surface area contributed by atoms with E-state index < -0.39 is 0 Å². The van der Waals surface area contributed by atoms with Crippen LogP contribution in [0.4, 0.5) is 0 Å². The molecule has 0 aromatic rings.